The number of halogens is 1. The molecule has 0 bridgehead atoms. The number of carbonyl (C=O) groups excluding carboxylic acids is 1. The molecule has 0 spiro atoms. The van der Waals surface area contributed by atoms with Crippen molar-refractivity contribution in [1.82, 2.24) is 29.6 Å². The van der Waals surface area contributed by atoms with Gasteiger partial charge in [0.05, 0.1) is 23.0 Å². The lowest BCUT2D eigenvalue weighted by Gasteiger charge is -2.27. The fraction of sp³-hybridized carbons (Fsp3) is 0.296. The zero-order valence-electron chi connectivity index (χ0n) is 20.8. The lowest BCUT2D eigenvalue weighted by molar-refractivity contribution is 0.0733. The Bertz CT molecular complexity index is 1410. The van der Waals surface area contributed by atoms with Gasteiger partial charge >= 0.3 is 0 Å². The number of anilines is 1. The summed E-state index contributed by atoms with van der Waals surface area (Å²) in [5.74, 6) is 0.763. The summed E-state index contributed by atoms with van der Waals surface area (Å²) in [6.07, 6.45) is 4.92. The lowest BCUT2D eigenvalue weighted by atomic mass is 9.99. The van der Waals surface area contributed by atoms with Gasteiger partial charge in [0.2, 0.25) is 5.95 Å². The van der Waals surface area contributed by atoms with Crippen LogP contribution in [0.15, 0.2) is 54.9 Å². The highest BCUT2D eigenvalue weighted by Crippen LogP contribution is 2.38. The minimum atomic E-state index is -0.330. The molecule has 1 aromatic carbocycles. The molecule has 184 valence electrons. The van der Waals surface area contributed by atoms with Crippen LogP contribution in [0.3, 0.4) is 0 Å². The second kappa shape index (κ2) is 9.49. The number of nitrogens with zero attached hydrogens (tertiary/aromatic N) is 7. The van der Waals surface area contributed by atoms with Crippen molar-refractivity contribution in [3.05, 3.63) is 83.3 Å². The molecule has 0 radical (unpaired) electrons. The summed E-state index contributed by atoms with van der Waals surface area (Å²) in [4.78, 5) is 31.1. The fourth-order valence-corrected chi connectivity index (χ4v) is 4.69. The van der Waals surface area contributed by atoms with Gasteiger partial charge in [0.25, 0.3) is 5.91 Å². The second-order valence-corrected chi connectivity index (χ2v) is 9.27. The predicted molar refractivity (Wildman–Crippen MR) is 136 cm³/mol. The Morgan fingerprint density at radius 1 is 1.08 bits per heavy atom. The van der Waals surface area contributed by atoms with Crippen molar-refractivity contribution >= 4 is 11.9 Å². The third kappa shape index (κ3) is 4.44. The molecule has 1 fully saturated rings. The summed E-state index contributed by atoms with van der Waals surface area (Å²) >= 11 is 0. The third-order valence-corrected chi connectivity index (χ3v) is 6.39. The first-order valence-corrected chi connectivity index (χ1v) is 11.9. The summed E-state index contributed by atoms with van der Waals surface area (Å²) in [7, 11) is 3.74. The van der Waals surface area contributed by atoms with Crippen LogP contribution in [0.5, 0.6) is 0 Å². The van der Waals surface area contributed by atoms with E-state index >= 15 is 0 Å². The molecule has 4 heterocycles. The zero-order chi connectivity index (χ0) is 25.4. The SMILES string of the molecule is Cc1cc(C)n(-c2ccc(C(=O)N3CCCC3c3nc(N(C)C)ncc3-c3cccc(F)c3)cn2)n1. The summed E-state index contributed by atoms with van der Waals surface area (Å²) in [5, 5.41) is 4.47. The predicted octanol–water partition coefficient (Wildman–Crippen LogP) is 4.52. The standard InChI is InChI=1S/C27H28FN7O/c1-17-13-18(2)35(32-17)24-11-10-20(15-29-24)26(36)34-12-6-9-23(34)25-22(16-30-27(31-25)33(3)4)19-7-5-8-21(28)14-19/h5,7-8,10-11,13-16,23H,6,9,12H2,1-4H3. The van der Waals surface area contributed by atoms with E-state index in [4.69, 9.17) is 4.98 Å². The highest BCUT2D eigenvalue weighted by molar-refractivity contribution is 5.94. The Morgan fingerprint density at radius 2 is 1.92 bits per heavy atom. The van der Waals surface area contributed by atoms with Crippen LogP contribution in [0.4, 0.5) is 10.3 Å². The van der Waals surface area contributed by atoms with Gasteiger partial charge < -0.3 is 9.80 Å². The highest BCUT2D eigenvalue weighted by atomic mass is 19.1. The summed E-state index contributed by atoms with van der Waals surface area (Å²) in [5.41, 5.74) is 4.52. The van der Waals surface area contributed by atoms with E-state index in [0.717, 1.165) is 35.5 Å². The highest BCUT2D eigenvalue weighted by Gasteiger charge is 2.34. The van der Waals surface area contributed by atoms with Crippen LogP contribution in [0.25, 0.3) is 16.9 Å². The van der Waals surface area contributed by atoms with E-state index in [9.17, 15) is 9.18 Å². The number of pyridine rings is 1. The molecule has 1 unspecified atom stereocenters. The van der Waals surface area contributed by atoms with Crippen LogP contribution in [0.2, 0.25) is 0 Å². The van der Waals surface area contributed by atoms with Crippen LogP contribution >= 0.6 is 0 Å². The summed E-state index contributed by atoms with van der Waals surface area (Å²) in [6.45, 7) is 4.50. The molecular weight excluding hydrogens is 457 g/mol. The van der Waals surface area contributed by atoms with E-state index in [1.54, 1.807) is 29.2 Å². The van der Waals surface area contributed by atoms with E-state index < -0.39 is 0 Å². The number of likely N-dealkylation sites (tertiary alicyclic amines) is 1. The fourth-order valence-electron chi connectivity index (χ4n) is 4.69. The topological polar surface area (TPSA) is 80.0 Å². The molecule has 9 heteroatoms. The van der Waals surface area contributed by atoms with Gasteiger partial charge in [-0.3, -0.25) is 4.79 Å². The molecular formula is C27H28FN7O. The van der Waals surface area contributed by atoms with Crippen LogP contribution in [-0.2, 0) is 0 Å². The maximum Gasteiger partial charge on any atom is 0.255 e. The Labute approximate surface area is 209 Å². The number of aryl methyl sites for hydroxylation is 2. The largest absolute Gasteiger partial charge is 0.347 e. The summed E-state index contributed by atoms with van der Waals surface area (Å²) in [6, 6.07) is 11.7. The minimum Gasteiger partial charge on any atom is -0.347 e. The van der Waals surface area contributed by atoms with Gasteiger partial charge in [0, 0.05) is 44.3 Å². The van der Waals surface area contributed by atoms with E-state index in [0.29, 0.717) is 29.4 Å². The first-order valence-electron chi connectivity index (χ1n) is 11.9. The smallest absolute Gasteiger partial charge is 0.255 e. The second-order valence-electron chi connectivity index (χ2n) is 9.27. The average Bonchev–Trinajstić information content (AvgIpc) is 3.49. The quantitative estimate of drug-likeness (QED) is 0.413. The first kappa shape index (κ1) is 23.6. The molecule has 1 aliphatic heterocycles. The van der Waals surface area contributed by atoms with Gasteiger partial charge in [-0.15, -0.1) is 0 Å². The molecule has 36 heavy (non-hydrogen) atoms. The third-order valence-electron chi connectivity index (χ3n) is 6.39. The van der Waals surface area contributed by atoms with Crippen LogP contribution in [0, 0.1) is 19.7 Å². The number of hydrogen-bond donors (Lipinski definition) is 0. The Balaban J connectivity index is 1.49. The van der Waals surface area contributed by atoms with Crippen molar-refractivity contribution in [2.45, 2.75) is 32.7 Å². The van der Waals surface area contributed by atoms with E-state index in [-0.39, 0.29) is 17.8 Å². The molecule has 3 aromatic heterocycles. The number of hydrogen-bond acceptors (Lipinski definition) is 6. The number of rotatable bonds is 5. The molecule has 4 aromatic rings. The summed E-state index contributed by atoms with van der Waals surface area (Å²) < 4.78 is 15.8. The zero-order valence-corrected chi connectivity index (χ0v) is 20.8. The molecule has 1 aliphatic rings. The molecule has 5 rings (SSSR count). The van der Waals surface area contributed by atoms with Crippen molar-refractivity contribution in [2.75, 3.05) is 25.5 Å². The van der Waals surface area contributed by atoms with Gasteiger partial charge in [0.15, 0.2) is 5.82 Å². The molecule has 8 nitrogen and oxygen atoms in total. The van der Waals surface area contributed by atoms with Crippen LogP contribution < -0.4 is 4.90 Å². The number of aromatic nitrogens is 5. The van der Waals surface area contributed by atoms with Crippen molar-refractivity contribution < 1.29 is 9.18 Å². The Hall–Kier alpha value is -4.14. The van der Waals surface area contributed by atoms with Gasteiger partial charge in [-0.25, -0.2) is 24.0 Å². The number of benzene rings is 1. The van der Waals surface area contributed by atoms with Crippen molar-refractivity contribution in [1.29, 1.82) is 0 Å². The monoisotopic (exact) mass is 485 g/mol. The van der Waals surface area contributed by atoms with Crippen LogP contribution in [0.1, 0.15) is 46.3 Å². The van der Waals surface area contributed by atoms with Crippen molar-refractivity contribution in [3.8, 4) is 16.9 Å². The number of amides is 1. The van der Waals surface area contributed by atoms with Gasteiger partial charge in [-0.1, -0.05) is 12.1 Å². The number of carbonyl (C=O) groups is 1. The van der Waals surface area contributed by atoms with Crippen molar-refractivity contribution in [2.24, 2.45) is 0 Å². The molecule has 0 aliphatic carbocycles. The Kier molecular flexibility index (Phi) is 6.22. The van der Waals surface area contributed by atoms with Gasteiger partial charge in [-0.05, 0) is 62.6 Å². The first-order chi connectivity index (χ1) is 17.3. The molecule has 0 N–H and O–H groups in total. The molecule has 1 amide bonds. The minimum absolute atomic E-state index is 0.111. The maximum atomic E-state index is 14.1. The van der Waals surface area contributed by atoms with Crippen LogP contribution in [-0.4, -0.2) is 56.2 Å². The lowest BCUT2D eigenvalue weighted by Crippen LogP contribution is -2.31. The molecule has 1 saturated heterocycles. The normalized spacial score (nSPS) is 15.4. The Morgan fingerprint density at radius 3 is 2.58 bits per heavy atom. The average molecular weight is 486 g/mol. The van der Waals surface area contributed by atoms with Gasteiger partial charge in [-0.2, -0.15) is 5.10 Å². The van der Waals surface area contributed by atoms with E-state index in [2.05, 4.69) is 15.1 Å². The van der Waals surface area contributed by atoms with E-state index in [1.807, 2.05) is 55.9 Å². The molecule has 0 saturated carbocycles. The van der Waals surface area contributed by atoms with Gasteiger partial charge in [0.1, 0.15) is 5.82 Å². The van der Waals surface area contributed by atoms with E-state index in [1.165, 1.54) is 12.1 Å². The maximum absolute atomic E-state index is 14.1. The van der Waals surface area contributed by atoms with Crippen molar-refractivity contribution in [3.63, 3.8) is 0 Å². The molecule has 1 atom stereocenters.